The number of carbonyl (C=O) groups is 2. The van der Waals surface area contributed by atoms with Gasteiger partial charge in [0.2, 0.25) is 0 Å². The van der Waals surface area contributed by atoms with Crippen LogP contribution in [0.4, 0.5) is 10.2 Å². The van der Waals surface area contributed by atoms with Gasteiger partial charge in [-0.3, -0.25) is 9.59 Å². The molecule has 1 amide bonds. The number of nitrogens with zero attached hydrogens (tertiary/aromatic N) is 3. The normalized spacial score (nSPS) is 18.0. The van der Waals surface area contributed by atoms with Crippen LogP contribution in [0.5, 0.6) is 0 Å². The Morgan fingerprint density at radius 1 is 0.931 bits per heavy atom. The molecule has 0 unspecified atom stereocenters. The van der Waals surface area contributed by atoms with E-state index in [2.05, 4.69) is 9.88 Å². The highest BCUT2D eigenvalue weighted by atomic mass is 19.1. The molecule has 0 radical (unpaired) electrons. The Morgan fingerprint density at radius 3 is 2.31 bits per heavy atom. The predicted octanol–water partition coefficient (Wildman–Crippen LogP) is 3.95. The van der Waals surface area contributed by atoms with Gasteiger partial charge in [0.1, 0.15) is 11.6 Å². The van der Waals surface area contributed by atoms with Gasteiger partial charge in [-0.25, -0.2) is 9.37 Å². The molecule has 1 aromatic heterocycles. The van der Waals surface area contributed by atoms with Crippen molar-refractivity contribution in [3.8, 4) is 0 Å². The third-order valence-electron chi connectivity index (χ3n) is 5.95. The molecular formula is C23H26FN3O2. The zero-order chi connectivity index (χ0) is 20.2. The molecule has 2 aromatic rings. The number of likely N-dealkylation sites (tertiary alicyclic amines) is 1. The van der Waals surface area contributed by atoms with Gasteiger partial charge in [0.05, 0.1) is 5.56 Å². The number of ketones is 1. The molecular weight excluding hydrogens is 369 g/mol. The number of halogens is 1. The maximum atomic E-state index is 13.1. The first-order chi connectivity index (χ1) is 14.1. The van der Waals surface area contributed by atoms with E-state index in [1.54, 1.807) is 18.3 Å². The van der Waals surface area contributed by atoms with Gasteiger partial charge in [0, 0.05) is 43.9 Å². The largest absolute Gasteiger partial charge is 0.356 e. The molecule has 4 rings (SSSR count). The standard InChI is InChI=1S/C23H26FN3O2/c24-19-8-6-17(7-9-19)21(28)18-10-15-26(16-11-18)22-20(5-4-12-25-22)23(29)27-13-2-1-3-14-27/h4-9,12,18H,1-3,10-11,13-16H2. The lowest BCUT2D eigenvalue weighted by Gasteiger charge is -2.34. The van der Waals surface area contributed by atoms with Crippen molar-refractivity contribution in [3.05, 3.63) is 59.5 Å². The molecule has 0 saturated carbocycles. The van der Waals surface area contributed by atoms with Crippen molar-refractivity contribution in [3.63, 3.8) is 0 Å². The topological polar surface area (TPSA) is 53.5 Å². The second-order valence-electron chi connectivity index (χ2n) is 7.86. The molecule has 1 aromatic carbocycles. The van der Waals surface area contributed by atoms with Crippen LogP contribution in [-0.2, 0) is 0 Å². The van der Waals surface area contributed by atoms with Gasteiger partial charge in [-0.2, -0.15) is 0 Å². The quantitative estimate of drug-likeness (QED) is 0.736. The Balaban J connectivity index is 1.44. The van der Waals surface area contributed by atoms with Gasteiger partial charge >= 0.3 is 0 Å². The SMILES string of the molecule is O=C(c1ccc(F)cc1)C1CCN(c2ncccc2C(=O)N2CCCCC2)CC1. The van der Waals surface area contributed by atoms with Crippen LogP contribution >= 0.6 is 0 Å². The smallest absolute Gasteiger partial charge is 0.257 e. The summed E-state index contributed by atoms with van der Waals surface area (Å²) in [5, 5.41) is 0. The molecule has 29 heavy (non-hydrogen) atoms. The minimum Gasteiger partial charge on any atom is -0.356 e. The zero-order valence-electron chi connectivity index (χ0n) is 16.5. The van der Waals surface area contributed by atoms with Crippen LogP contribution in [0.1, 0.15) is 52.8 Å². The lowest BCUT2D eigenvalue weighted by molar-refractivity contribution is 0.0723. The second kappa shape index (κ2) is 8.72. The summed E-state index contributed by atoms with van der Waals surface area (Å²) in [5.74, 6) is 0.419. The van der Waals surface area contributed by atoms with E-state index in [1.165, 1.54) is 18.6 Å². The molecule has 0 aliphatic carbocycles. The summed E-state index contributed by atoms with van der Waals surface area (Å²) in [6.07, 6.45) is 6.40. The molecule has 0 bridgehead atoms. The Morgan fingerprint density at radius 2 is 1.62 bits per heavy atom. The van der Waals surface area contributed by atoms with Gasteiger partial charge in [-0.1, -0.05) is 0 Å². The van der Waals surface area contributed by atoms with E-state index < -0.39 is 0 Å². The number of aromatic nitrogens is 1. The van der Waals surface area contributed by atoms with E-state index >= 15 is 0 Å². The number of anilines is 1. The predicted molar refractivity (Wildman–Crippen MR) is 110 cm³/mol. The Bertz CT molecular complexity index is 870. The maximum absolute atomic E-state index is 13.1. The van der Waals surface area contributed by atoms with Crippen molar-refractivity contribution >= 4 is 17.5 Å². The Kier molecular flexibility index (Phi) is 5.88. The molecule has 0 N–H and O–H groups in total. The van der Waals surface area contributed by atoms with Gasteiger partial charge in [-0.05, 0) is 68.5 Å². The van der Waals surface area contributed by atoms with Crippen molar-refractivity contribution in [1.29, 1.82) is 0 Å². The minimum atomic E-state index is -0.336. The number of Topliss-reactive ketones (excluding diaryl/α,β-unsaturated/α-hetero) is 1. The van der Waals surface area contributed by atoms with E-state index in [0.29, 0.717) is 37.1 Å². The van der Waals surface area contributed by atoms with E-state index in [4.69, 9.17) is 0 Å². The van der Waals surface area contributed by atoms with Crippen LogP contribution in [-0.4, -0.2) is 47.8 Å². The van der Waals surface area contributed by atoms with Crippen LogP contribution in [0.3, 0.4) is 0 Å². The third kappa shape index (κ3) is 4.31. The number of hydrogen-bond donors (Lipinski definition) is 0. The first-order valence-corrected chi connectivity index (χ1v) is 10.4. The molecule has 6 heteroatoms. The molecule has 152 valence electrons. The number of pyridine rings is 1. The van der Waals surface area contributed by atoms with E-state index in [1.807, 2.05) is 17.0 Å². The lowest BCUT2D eigenvalue weighted by Crippen LogP contribution is -2.40. The summed E-state index contributed by atoms with van der Waals surface area (Å²) in [4.78, 5) is 34.3. The van der Waals surface area contributed by atoms with E-state index in [-0.39, 0.29) is 23.4 Å². The summed E-state index contributed by atoms with van der Waals surface area (Å²) in [6, 6.07) is 9.43. The number of amides is 1. The van der Waals surface area contributed by atoms with Crippen molar-refractivity contribution < 1.29 is 14.0 Å². The average molecular weight is 395 g/mol. The number of benzene rings is 1. The Hall–Kier alpha value is -2.76. The van der Waals surface area contributed by atoms with Gasteiger partial charge in [-0.15, -0.1) is 0 Å². The first-order valence-electron chi connectivity index (χ1n) is 10.4. The fourth-order valence-corrected chi connectivity index (χ4v) is 4.29. The van der Waals surface area contributed by atoms with Crippen LogP contribution < -0.4 is 4.90 Å². The van der Waals surface area contributed by atoms with Crippen LogP contribution in [0.2, 0.25) is 0 Å². The van der Waals surface area contributed by atoms with Gasteiger partial charge in [0.15, 0.2) is 5.78 Å². The lowest BCUT2D eigenvalue weighted by atomic mass is 9.88. The van der Waals surface area contributed by atoms with E-state index in [9.17, 15) is 14.0 Å². The van der Waals surface area contributed by atoms with Crippen molar-refractivity contribution in [2.75, 3.05) is 31.1 Å². The fourth-order valence-electron chi connectivity index (χ4n) is 4.29. The summed E-state index contributed by atoms with van der Waals surface area (Å²) < 4.78 is 13.1. The van der Waals surface area contributed by atoms with Crippen LogP contribution in [0, 0.1) is 11.7 Å². The zero-order valence-corrected chi connectivity index (χ0v) is 16.5. The highest BCUT2D eigenvalue weighted by Gasteiger charge is 2.29. The second-order valence-corrected chi connectivity index (χ2v) is 7.86. The van der Waals surface area contributed by atoms with Crippen molar-refractivity contribution in [2.24, 2.45) is 5.92 Å². The molecule has 0 atom stereocenters. The van der Waals surface area contributed by atoms with Crippen molar-refractivity contribution in [2.45, 2.75) is 32.1 Å². The highest BCUT2D eigenvalue weighted by Crippen LogP contribution is 2.28. The molecule has 2 fully saturated rings. The number of carbonyl (C=O) groups excluding carboxylic acids is 2. The maximum Gasteiger partial charge on any atom is 0.257 e. The fraction of sp³-hybridized carbons (Fsp3) is 0.435. The summed E-state index contributed by atoms with van der Waals surface area (Å²) in [6.45, 7) is 2.96. The monoisotopic (exact) mass is 395 g/mol. The van der Waals surface area contributed by atoms with Crippen LogP contribution in [0.15, 0.2) is 42.6 Å². The highest BCUT2D eigenvalue weighted by molar-refractivity contribution is 5.99. The summed E-state index contributed by atoms with van der Waals surface area (Å²) in [5.41, 5.74) is 1.21. The molecule has 5 nitrogen and oxygen atoms in total. The van der Waals surface area contributed by atoms with E-state index in [0.717, 1.165) is 31.7 Å². The summed E-state index contributed by atoms with van der Waals surface area (Å²) >= 11 is 0. The van der Waals surface area contributed by atoms with Crippen molar-refractivity contribution in [1.82, 2.24) is 9.88 Å². The van der Waals surface area contributed by atoms with Crippen LogP contribution in [0.25, 0.3) is 0 Å². The number of piperidine rings is 2. The minimum absolute atomic E-state index is 0.0531. The Labute approximate surface area is 170 Å². The average Bonchev–Trinajstić information content (AvgIpc) is 2.79. The first kappa shape index (κ1) is 19.6. The summed E-state index contributed by atoms with van der Waals surface area (Å²) in [7, 11) is 0. The molecule has 2 saturated heterocycles. The molecule has 2 aliphatic heterocycles. The van der Waals surface area contributed by atoms with Gasteiger partial charge in [0.25, 0.3) is 5.91 Å². The number of hydrogen-bond acceptors (Lipinski definition) is 4. The molecule has 2 aliphatic rings. The molecule has 0 spiro atoms. The molecule has 3 heterocycles. The third-order valence-corrected chi connectivity index (χ3v) is 5.95. The van der Waals surface area contributed by atoms with Gasteiger partial charge < -0.3 is 9.80 Å². The number of rotatable bonds is 4.